The maximum absolute atomic E-state index is 11.7. The highest BCUT2D eigenvalue weighted by atomic mass is 16.1. The van der Waals surface area contributed by atoms with Gasteiger partial charge in [0.25, 0.3) is 0 Å². The molecule has 4 aliphatic rings. The molecule has 4 rings (SSSR count). The quantitative estimate of drug-likeness (QED) is 0.680. The highest BCUT2D eigenvalue weighted by Crippen LogP contribution is 2.61. The number of nitrogens with two attached hydrogens (primary N) is 1. The standard InChI is InChI=1S/C12H19NO/c13-11(14)12-5-1-2-9-6-8(7-12)3-4-10(9)12/h8-10H,1-7H2,(H2,13,14). The molecule has 4 aliphatic carbocycles. The van der Waals surface area contributed by atoms with E-state index in [0.29, 0.717) is 5.92 Å². The second kappa shape index (κ2) is 2.74. The van der Waals surface area contributed by atoms with Crippen LogP contribution >= 0.6 is 0 Å². The third-order valence-corrected chi connectivity index (χ3v) is 5.14. The molecule has 14 heavy (non-hydrogen) atoms. The minimum atomic E-state index is -0.0654. The number of amides is 1. The molecule has 0 aliphatic heterocycles. The van der Waals surface area contributed by atoms with E-state index in [4.69, 9.17) is 5.73 Å². The van der Waals surface area contributed by atoms with Gasteiger partial charge in [-0.05, 0) is 43.4 Å². The van der Waals surface area contributed by atoms with Gasteiger partial charge < -0.3 is 5.73 Å². The predicted molar refractivity (Wildman–Crippen MR) is 54.4 cm³/mol. The second-order valence-corrected chi connectivity index (χ2v) is 5.66. The first-order valence-electron chi connectivity index (χ1n) is 6.02. The summed E-state index contributed by atoms with van der Waals surface area (Å²) in [7, 11) is 0. The van der Waals surface area contributed by atoms with Crippen molar-refractivity contribution < 1.29 is 4.79 Å². The van der Waals surface area contributed by atoms with Crippen LogP contribution in [-0.4, -0.2) is 5.91 Å². The van der Waals surface area contributed by atoms with Gasteiger partial charge in [-0.2, -0.15) is 0 Å². The van der Waals surface area contributed by atoms with E-state index in [1.807, 2.05) is 0 Å². The van der Waals surface area contributed by atoms with Crippen LogP contribution in [0.25, 0.3) is 0 Å². The summed E-state index contributed by atoms with van der Waals surface area (Å²) in [6.07, 6.45) is 8.81. The smallest absolute Gasteiger partial charge is 0.223 e. The molecule has 0 spiro atoms. The summed E-state index contributed by atoms with van der Waals surface area (Å²) in [5.41, 5.74) is 5.59. The lowest BCUT2D eigenvalue weighted by Crippen LogP contribution is -2.55. The van der Waals surface area contributed by atoms with Crippen molar-refractivity contribution in [3.05, 3.63) is 0 Å². The van der Waals surface area contributed by atoms with Crippen molar-refractivity contribution in [2.24, 2.45) is 28.9 Å². The first kappa shape index (κ1) is 8.75. The van der Waals surface area contributed by atoms with E-state index in [9.17, 15) is 4.79 Å². The maximum Gasteiger partial charge on any atom is 0.223 e. The van der Waals surface area contributed by atoms with Gasteiger partial charge in [0.1, 0.15) is 0 Å². The molecule has 4 saturated carbocycles. The van der Waals surface area contributed by atoms with Crippen molar-refractivity contribution in [2.45, 2.75) is 44.9 Å². The van der Waals surface area contributed by atoms with E-state index in [-0.39, 0.29) is 11.3 Å². The summed E-state index contributed by atoms with van der Waals surface area (Å²) in [5, 5.41) is 0. The topological polar surface area (TPSA) is 43.1 Å². The highest BCUT2D eigenvalue weighted by molar-refractivity contribution is 5.81. The molecule has 0 aromatic heterocycles. The summed E-state index contributed by atoms with van der Waals surface area (Å²) in [4.78, 5) is 11.7. The molecular weight excluding hydrogens is 174 g/mol. The van der Waals surface area contributed by atoms with Crippen molar-refractivity contribution in [3.8, 4) is 0 Å². The molecule has 4 bridgehead atoms. The van der Waals surface area contributed by atoms with Crippen LogP contribution in [0.3, 0.4) is 0 Å². The van der Waals surface area contributed by atoms with Gasteiger partial charge in [0, 0.05) is 0 Å². The van der Waals surface area contributed by atoms with Crippen LogP contribution in [0.15, 0.2) is 0 Å². The molecular formula is C12H19NO. The molecule has 1 amide bonds. The Hall–Kier alpha value is -0.530. The van der Waals surface area contributed by atoms with Crippen molar-refractivity contribution in [2.75, 3.05) is 0 Å². The SMILES string of the molecule is NC(=O)C12CCCC3CC(CCC31)C2. The summed E-state index contributed by atoms with van der Waals surface area (Å²) >= 11 is 0. The van der Waals surface area contributed by atoms with Crippen LogP contribution in [0.1, 0.15) is 44.9 Å². The van der Waals surface area contributed by atoms with E-state index >= 15 is 0 Å². The van der Waals surface area contributed by atoms with Crippen LogP contribution in [0.5, 0.6) is 0 Å². The lowest BCUT2D eigenvalue weighted by Gasteiger charge is -2.57. The molecule has 78 valence electrons. The third-order valence-electron chi connectivity index (χ3n) is 5.14. The summed E-state index contributed by atoms with van der Waals surface area (Å²) in [6.45, 7) is 0. The van der Waals surface area contributed by atoms with Crippen molar-refractivity contribution in [1.29, 1.82) is 0 Å². The molecule has 0 heterocycles. The zero-order valence-corrected chi connectivity index (χ0v) is 8.67. The van der Waals surface area contributed by atoms with Crippen molar-refractivity contribution in [3.63, 3.8) is 0 Å². The Morgan fingerprint density at radius 1 is 1.29 bits per heavy atom. The van der Waals surface area contributed by atoms with Crippen LogP contribution in [-0.2, 0) is 4.79 Å². The molecule has 2 heteroatoms. The molecule has 0 aromatic rings. The normalized spacial score (nSPS) is 50.4. The zero-order valence-electron chi connectivity index (χ0n) is 8.67. The predicted octanol–water partition coefficient (Wildman–Crippen LogP) is 2.08. The minimum Gasteiger partial charge on any atom is -0.369 e. The Balaban J connectivity index is 1.99. The summed E-state index contributed by atoms with van der Waals surface area (Å²) < 4.78 is 0. The van der Waals surface area contributed by atoms with Gasteiger partial charge >= 0.3 is 0 Å². The third kappa shape index (κ3) is 0.945. The molecule has 2 N–H and O–H groups in total. The number of primary amides is 1. The first-order valence-corrected chi connectivity index (χ1v) is 6.02. The van der Waals surface area contributed by atoms with Crippen molar-refractivity contribution >= 4 is 5.91 Å². The van der Waals surface area contributed by atoms with Crippen molar-refractivity contribution in [1.82, 2.24) is 0 Å². The fourth-order valence-electron chi connectivity index (χ4n) is 4.63. The minimum absolute atomic E-state index is 0.0107. The van der Waals surface area contributed by atoms with Gasteiger partial charge in [-0.3, -0.25) is 4.79 Å². The number of carbonyl (C=O) groups excluding carboxylic acids is 1. The molecule has 0 aromatic carbocycles. The molecule has 2 nitrogen and oxygen atoms in total. The van der Waals surface area contributed by atoms with Gasteiger partial charge in [-0.15, -0.1) is 0 Å². The Labute approximate surface area is 85.2 Å². The van der Waals surface area contributed by atoms with Gasteiger partial charge in [0.15, 0.2) is 0 Å². The van der Waals surface area contributed by atoms with E-state index in [0.717, 1.165) is 24.7 Å². The Bertz CT molecular complexity index is 275. The Kier molecular flexibility index (Phi) is 1.71. The molecule has 0 saturated heterocycles. The monoisotopic (exact) mass is 193 g/mol. The number of hydrogen-bond donors (Lipinski definition) is 1. The largest absolute Gasteiger partial charge is 0.369 e. The average molecular weight is 193 g/mol. The number of rotatable bonds is 1. The summed E-state index contributed by atoms with van der Waals surface area (Å²) in [5.74, 6) is 2.32. The van der Waals surface area contributed by atoms with E-state index < -0.39 is 0 Å². The molecule has 4 unspecified atom stereocenters. The Morgan fingerprint density at radius 2 is 2.14 bits per heavy atom. The lowest BCUT2D eigenvalue weighted by molar-refractivity contribution is -0.149. The average Bonchev–Trinajstić information content (AvgIpc) is 2.17. The van der Waals surface area contributed by atoms with Crippen LogP contribution in [0.2, 0.25) is 0 Å². The van der Waals surface area contributed by atoms with Crippen LogP contribution < -0.4 is 5.73 Å². The van der Waals surface area contributed by atoms with E-state index in [2.05, 4.69) is 0 Å². The first-order chi connectivity index (χ1) is 6.72. The van der Waals surface area contributed by atoms with Crippen LogP contribution in [0.4, 0.5) is 0 Å². The van der Waals surface area contributed by atoms with Gasteiger partial charge in [-0.25, -0.2) is 0 Å². The van der Waals surface area contributed by atoms with E-state index in [1.165, 1.54) is 32.1 Å². The lowest BCUT2D eigenvalue weighted by atomic mass is 9.47. The van der Waals surface area contributed by atoms with E-state index in [1.54, 1.807) is 0 Å². The van der Waals surface area contributed by atoms with Gasteiger partial charge in [-0.1, -0.05) is 19.3 Å². The molecule has 4 atom stereocenters. The fourth-order valence-corrected chi connectivity index (χ4v) is 4.63. The van der Waals surface area contributed by atoms with Gasteiger partial charge in [0.2, 0.25) is 5.91 Å². The molecule has 4 fully saturated rings. The Morgan fingerprint density at radius 3 is 2.79 bits per heavy atom. The zero-order chi connectivity index (χ0) is 9.76. The molecule has 0 radical (unpaired) electrons. The highest BCUT2D eigenvalue weighted by Gasteiger charge is 2.56. The maximum atomic E-state index is 11.7. The fraction of sp³-hybridized carbons (Fsp3) is 0.917. The number of hydrogen-bond acceptors (Lipinski definition) is 1. The van der Waals surface area contributed by atoms with Crippen LogP contribution in [0, 0.1) is 23.2 Å². The second-order valence-electron chi connectivity index (χ2n) is 5.66. The number of carbonyl (C=O) groups is 1. The number of fused-ring (bicyclic) bond motifs is 1. The van der Waals surface area contributed by atoms with Gasteiger partial charge in [0.05, 0.1) is 5.41 Å². The summed E-state index contributed by atoms with van der Waals surface area (Å²) in [6, 6.07) is 0.